The SMILES string of the molecule is CC(C)(C)c1cccc(C(=O)CC(=O)CCCO)c1.CSc1nc(CCCO)cc(-c2cccc(C(C)(C)C)c2C)n1. The molecule has 2 aromatic carbocycles. The highest BCUT2D eigenvalue weighted by Crippen LogP contribution is 2.32. The minimum atomic E-state index is -0.144. The Morgan fingerprint density at radius 3 is 2.12 bits per heavy atom. The first-order chi connectivity index (χ1) is 19.7. The van der Waals surface area contributed by atoms with E-state index in [2.05, 4.69) is 77.7 Å². The highest BCUT2D eigenvalue weighted by Gasteiger charge is 2.19. The largest absolute Gasteiger partial charge is 0.396 e. The Bertz CT molecular complexity index is 1340. The third kappa shape index (κ3) is 10.8. The van der Waals surface area contributed by atoms with Gasteiger partial charge in [-0.1, -0.05) is 89.7 Å². The van der Waals surface area contributed by atoms with Crippen LogP contribution in [0.5, 0.6) is 0 Å². The van der Waals surface area contributed by atoms with E-state index in [1.54, 1.807) is 17.8 Å². The van der Waals surface area contributed by atoms with Crippen LogP contribution in [0.25, 0.3) is 11.3 Å². The Morgan fingerprint density at radius 2 is 1.52 bits per heavy atom. The molecule has 42 heavy (non-hydrogen) atoms. The molecule has 0 amide bonds. The minimum Gasteiger partial charge on any atom is -0.396 e. The van der Waals surface area contributed by atoms with Crippen molar-refractivity contribution >= 4 is 23.3 Å². The van der Waals surface area contributed by atoms with Crippen LogP contribution in [0.3, 0.4) is 0 Å². The molecule has 228 valence electrons. The van der Waals surface area contributed by atoms with E-state index in [0.717, 1.165) is 34.9 Å². The van der Waals surface area contributed by atoms with Gasteiger partial charge in [0.15, 0.2) is 10.9 Å². The van der Waals surface area contributed by atoms with E-state index < -0.39 is 0 Å². The van der Waals surface area contributed by atoms with Gasteiger partial charge in [0.2, 0.25) is 0 Å². The number of aryl methyl sites for hydroxylation is 1. The van der Waals surface area contributed by atoms with Gasteiger partial charge in [-0.3, -0.25) is 9.59 Å². The molecule has 0 radical (unpaired) electrons. The molecule has 0 aliphatic heterocycles. The highest BCUT2D eigenvalue weighted by atomic mass is 32.2. The zero-order valence-electron chi connectivity index (χ0n) is 26.6. The van der Waals surface area contributed by atoms with Crippen LogP contribution >= 0.6 is 11.8 Å². The summed E-state index contributed by atoms with van der Waals surface area (Å²) in [6, 6.07) is 15.9. The Hall–Kier alpha value is -2.87. The number of ketones is 2. The van der Waals surface area contributed by atoms with Crippen LogP contribution in [-0.2, 0) is 22.0 Å². The first-order valence-electron chi connectivity index (χ1n) is 14.6. The molecule has 0 atom stereocenters. The average molecular weight is 593 g/mol. The van der Waals surface area contributed by atoms with E-state index in [0.29, 0.717) is 12.0 Å². The predicted octanol–water partition coefficient (Wildman–Crippen LogP) is 7.29. The summed E-state index contributed by atoms with van der Waals surface area (Å²) in [6.45, 7) is 15.3. The molecule has 0 aliphatic rings. The number of rotatable bonds is 11. The molecule has 2 N–H and O–H groups in total. The fourth-order valence-electron chi connectivity index (χ4n) is 4.62. The summed E-state index contributed by atoms with van der Waals surface area (Å²) >= 11 is 1.56. The molecule has 0 saturated carbocycles. The maximum atomic E-state index is 12.0. The Kier molecular flexibility index (Phi) is 13.5. The lowest BCUT2D eigenvalue weighted by atomic mass is 9.82. The molecule has 7 heteroatoms. The number of aromatic nitrogens is 2. The fourth-order valence-corrected chi connectivity index (χ4v) is 5.02. The van der Waals surface area contributed by atoms with Gasteiger partial charge in [-0.05, 0) is 72.1 Å². The number of benzene rings is 2. The molecule has 3 rings (SSSR count). The predicted molar refractivity (Wildman–Crippen MR) is 174 cm³/mol. The number of hydrogen-bond donors (Lipinski definition) is 2. The van der Waals surface area contributed by atoms with Crippen molar-refractivity contribution in [3.05, 3.63) is 76.5 Å². The Morgan fingerprint density at radius 1 is 0.857 bits per heavy atom. The molecule has 0 aliphatic carbocycles. The first kappa shape index (κ1) is 35.3. The van der Waals surface area contributed by atoms with E-state index >= 15 is 0 Å². The summed E-state index contributed by atoms with van der Waals surface area (Å²) in [5.41, 5.74) is 7.52. The molecule has 6 nitrogen and oxygen atoms in total. The topological polar surface area (TPSA) is 100 Å². The lowest BCUT2D eigenvalue weighted by Crippen LogP contribution is -2.13. The molecular formula is C35H48N2O4S. The molecule has 3 aromatic rings. The molecule has 0 saturated heterocycles. The van der Waals surface area contributed by atoms with Crippen LogP contribution in [0.4, 0.5) is 0 Å². The number of thioether (sulfide) groups is 1. The average Bonchev–Trinajstić information content (AvgIpc) is 2.94. The third-order valence-electron chi connectivity index (χ3n) is 6.97. The van der Waals surface area contributed by atoms with Crippen LogP contribution in [0, 0.1) is 6.92 Å². The maximum Gasteiger partial charge on any atom is 0.188 e. The molecular weight excluding hydrogens is 544 g/mol. The van der Waals surface area contributed by atoms with Crippen molar-refractivity contribution in [1.29, 1.82) is 0 Å². The van der Waals surface area contributed by atoms with Crippen molar-refractivity contribution in [3.8, 4) is 11.3 Å². The number of Topliss-reactive ketones (excluding diaryl/α,β-unsaturated/α-hetero) is 2. The standard InChI is InChI=1S/C19H26N2OS.C16H22O3/c1-13-15(9-6-10-16(13)19(2,3)4)17-12-14(8-7-11-22)20-18(21-17)23-5;1-16(2,3)13-7-4-6-12(10-13)15(19)11-14(18)8-5-9-17/h6,9-10,12,22H,7-8,11H2,1-5H3;4,6-7,10,17H,5,8-9,11H2,1-3H3. The van der Waals surface area contributed by atoms with Crippen LogP contribution in [0.15, 0.2) is 53.7 Å². The Labute approximate surface area is 256 Å². The quantitative estimate of drug-likeness (QED) is 0.104. The molecule has 1 aromatic heterocycles. The van der Waals surface area contributed by atoms with Crippen LogP contribution in [0.1, 0.15) is 100.0 Å². The van der Waals surface area contributed by atoms with E-state index in [9.17, 15) is 9.59 Å². The molecule has 0 spiro atoms. The van der Waals surface area contributed by atoms with Crippen molar-refractivity contribution in [2.24, 2.45) is 0 Å². The smallest absolute Gasteiger partial charge is 0.188 e. The third-order valence-corrected chi connectivity index (χ3v) is 7.52. The van der Waals surface area contributed by atoms with Gasteiger partial charge in [-0.25, -0.2) is 9.97 Å². The van der Waals surface area contributed by atoms with Crippen molar-refractivity contribution in [1.82, 2.24) is 9.97 Å². The molecule has 0 fully saturated rings. The fraction of sp³-hybridized carbons (Fsp3) is 0.486. The van der Waals surface area contributed by atoms with Gasteiger partial charge in [0, 0.05) is 36.5 Å². The lowest BCUT2D eigenvalue weighted by Gasteiger charge is -2.23. The molecule has 0 unspecified atom stereocenters. The summed E-state index contributed by atoms with van der Waals surface area (Å²) in [7, 11) is 0. The van der Waals surface area contributed by atoms with Gasteiger partial charge in [0.05, 0.1) is 12.1 Å². The van der Waals surface area contributed by atoms with Crippen LogP contribution in [-0.4, -0.2) is 51.2 Å². The highest BCUT2D eigenvalue weighted by molar-refractivity contribution is 7.98. The Balaban J connectivity index is 0.000000299. The second kappa shape index (κ2) is 16.1. The summed E-state index contributed by atoms with van der Waals surface area (Å²) in [5.74, 6) is -0.255. The van der Waals surface area contributed by atoms with Gasteiger partial charge in [-0.2, -0.15) is 0 Å². The van der Waals surface area contributed by atoms with Crippen molar-refractivity contribution in [3.63, 3.8) is 0 Å². The number of hydrogen-bond acceptors (Lipinski definition) is 7. The van der Waals surface area contributed by atoms with Gasteiger partial charge >= 0.3 is 0 Å². The number of carbonyl (C=O) groups excluding carboxylic acids is 2. The van der Waals surface area contributed by atoms with Crippen molar-refractivity contribution < 1.29 is 19.8 Å². The van der Waals surface area contributed by atoms with E-state index in [1.165, 1.54) is 16.7 Å². The monoisotopic (exact) mass is 592 g/mol. The molecule has 1 heterocycles. The first-order valence-corrected chi connectivity index (χ1v) is 15.8. The number of aliphatic hydroxyl groups excluding tert-OH is 2. The van der Waals surface area contributed by atoms with Crippen molar-refractivity contribution in [2.45, 2.75) is 96.6 Å². The second-order valence-corrected chi connectivity index (χ2v) is 13.4. The summed E-state index contributed by atoms with van der Waals surface area (Å²) in [4.78, 5) is 32.8. The number of carbonyl (C=O) groups is 2. The summed E-state index contributed by atoms with van der Waals surface area (Å²) in [5, 5.41) is 18.5. The normalized spacial score (nSPS) is 11.6. The summed E-state index contributed by atoms with van der Waals surface area (Å²) in [6.07, 6.45) is 4.11. The maximum absolute atomic E-state index is 12.0. The van der Waals surface area contributed by atoms with Gasteiger partial charge in [0.1, 0.15) is 5.78 Å². The van der Waals surface area contributed by atoms with Gasteiger partial charge in [-0.15, -0.1) is 0 Å². The van der Waals surface area contributed by atoms with Crippen LogP contribution in [0.2, 0.25) is 0 Å². The zero-order chi connectivity index (χ0) is 31.5. The van der Waals surface area contributed by atoms with Gasteiger partial charge in [0.25, 0.3) is 0 Å². The second-order valence-electron chi connectivity index (χ2n) is 12.6. The minimum absolute atomic E-state index is 0.0144. The van der Waals surface area contributed by atoms with Crippen LogP contribution < -0.4 is 0 Å². The van der Waals surface area contributed by atoms with E-state index in [1.807, 2.05) is 24.5 Å². The van der Waals surface area contributed by atoms with Crippen molar-refractivity contribution in [2.75, 3.05) is 19.5 Å². The van der Waals surface area contributed by atoms with Gasteiger partial charge < -0.3 is 10.2 Å². The van der Waals surface area contributed by atoms with E-state index in [4.69, 9.17) is 15.2 Å². The zero-order valence-corrected chi connectivity index (χ0v) is 27.4. The molecule has 0 bridgehead atoms. The lowest BCUT2D eigenvalue weighted by molar-refractivity contribution is -0.118. The number of aliphatic hydroxyl groups is 2. The van der Waals surface area contributed by atoms with E-state index in [-0.39, 0.29) is 48.5 Å². The number of nitrogens with zero attached hydrogens (tertiary/aromatic N) is 2. The summed E-state index contributed by atoms with van der Waals surface area (Å²) < 4.78 is 0.